The number of fused-ring (bicyclic) bond motifs is 2. The van der Waals surface area contributed by atoms with Crippen LogP contribution in [0.3, 0.4) is 0 Å². The van der Waals surface area contributed by atoms with Gasteiger partial charge < -0.3 is 10.0 Å². The van der Waals surface area contributed by atoms with Gasteiger partial charge in [-0.1, -0.05) is 43.2 Å². The van der Waals surface area contributed by atoms with Crippen molar-refractivity contribution < 1.29 is 9.90 Å². The minimum Gasteiger partial charge on any atom is -0.385 e. The predicted octanol–water partition coefficient (Wildman–Crippen LogP) is 3.02. The molecule has 1 amide bonds. The molecule has 144 valence electrons. The van der Waals surface area contributed by atoms with Crippen molar-refractivity contribution in [3.05, 3.63) is 66.1 Å². The van der Waals surface area contributed by atoms with Gasteiger partial charge in [-0.3, -0.25) is 4.79 Å². The molecule has 2 aromatic heterocycles. The first-order chi connectivity index (χ1) is 13.7. The highest BCUT2D eigenvalue weighted by atomic mass is 16.3. The summed E-state index contributed by atoms with van der Waals surface area (Å²) < 4.78 is 1.63. The number of carbonyl (C=O) groups is 1. The van der Waals surface area contributed by atoms with Gasteiger partial charge in [0.1, 0.15) is 0 Å². The average molecular weight is 376 g/mol. The molecule has 5 rings (SSSR count). The monoisotopic (exact) mass is 376 g/mol. The van der Waals surface area contributed by atoms with Gasteiger partial charge in [0, 0.05) is 37.0 Å². The first kappa shape index (κ1) is 17.4. The number of aromatic nitrogens is 3. The van der Waals surface area contributed by atoms with E-state index in [0.29, 0.717) is 24.3 Å². The van der Waals surface area contributed by atoms with Crippen LogP contribution in [0.4, 0.5) is 0 Å². The number of amides is 1. The molecule has 1 saturated heterocycles. The summed E-state index contributed by atoms with van der Waals surface area (Å²) in [6, 6.07) is 13.5. The van der Waals surface area contributed by atoms with Gasteiger partial charge >= 0.3 is 0 Å². The van der Waals surface area contributed by atoms with Gasteiger partial charge in [-0.25, -0.2) is 9.50 Å². The number of nitrogens with zero attached hydrogens (tertiary/aromatic N) is 4. The summed E-state index contributed by atoms with van der Waals surface area (Å²) in [6.07, 6.45) is 8.09. The molecule has 1 aliphatic carbocycles. The van der Waals surface area contributed by atoms with E-state index in [2.05, 4.69) is 10.1 Å². The maximum absolute atomic E-state index is 13.3. The van der Waals surface area contributed by atoms with E-state index in [-0.39, 0.29) is 17.9 Å². The third-order valence-electron chi connectivity index (χ3n) is 6.47. The van der Waals surface area contributed by atoms with E-state index in [1.54, 1.807) is 29.0 Å². The number of hydrogen-bond acceptors (Lipinski definition) is 4. The highest BCUT2D eigenvalue weighted by Gasteiger charge is 2.50. The molecule has 3 atom stereocenters. The Morgan fingerprint density at radius 1 is 1.14 bits per heavy atom. The van der Waals surface area contributed by atoms with Crippen LogP contribution in [0.25, 0.3) is 5.65 Å². The molecule has 3 aromatic rings. The van der Waals surface area contributed by atoms with E-state index in [1.165, 1.54) is 0 Å². The van der Waals surface area contributed by atoms with Crippen LogP contribution in [0, 0.1) is 5.92 Å². The molecule has 6 heteroatoms. The number of carbonyl (C=O) groups excluding carboxylic acids is 1. The van der Waals surface area contributed by atoms with E-state index in [9.17, 15) is 9.90 Å². The zero-order valence-corrected chi connectivity index (χ0v) is 15.7. The molecule has 1 N–H and O–H groups in total. The molecular weight excluding hydrogens is 352 g/mol. The number of aliphatic hydroxyl groups is 1. The number of hydrogen-bond donors (Lipinski definition) is 1. The largest absolute Gasteiger partial charge is 0.385 e. The molecule has 3 heterocycles. The van der Waals surface area contributed by atoms with Crippen molar-refractivity contribution in [3.8, 4) is 0 Å². The fourth-order valence-corrected chi connectivity index (χ4v) is 5.10. The fourth-order valence-electron chi connectivity index (χ4n) is 5.10. The summed E-state index contributed by atoms with van der Waals surface area (Å²) in [5.41, 5.74) is 1.19. The molecule has 1 saturated carbocycles. The van der Waals surface area contributed by atoms with Gasteiger partial charge in [-0.15, -0.1) is 0 Å². The zero-order chi connectivity index (χ0) is 19.1. The second-order valence-electron chi connectivity index (χ2n) is 7.95. The maximum atomic E-state index is 13.3. The molecule has 0 bridgehead atoms. The van der Waals surface area contributed by atoms with Crippen molar-refractivity contribution in [2.75, 3.05) is 6.54 Å². The fraction of sp³-hybridized carbons (Fsp3) is 0.409. The lowest BCUT2D eigenvalue weighted by Crippen LogP contribution is -2.59. The second-order valence-corrected chi connectivity index (χ2v) is 7.95. The van der Waals surface area contributed by atoms with Gasteiger partial charge in [-0.2, -0.15) is 5.10 Å². The summed E-state index contributed by atoms with van der Waals surface area (Å²) in [4.78, 5) is 19.5. The highest BCUT2D eigenvalue weighted by molar-refractivity contribution is 5.93. The molecule has 0 spiro atoms. The Balaban J connectivity index is 1.48. The Morgan fingerprint density at radius 3 is 2.79 bits per heavy atom. The van der Waals surface area contributed by atoms with E-state index in [0.717, 1.165) is 31.2 Å². The Labute approximate surface area is 163 Å². The van der Waals surface area contributed by atoms with Crippen LogP contribution in [0.5, 0.6) is 0 Å². The highest BCUT2D eigenvalue weighted by Crippen LogP contribution is 2.47. The Hall–Kier alpha value is -2.73. The Kier molecular flexibility index (Phi) is 4.16. The lowest BCUT2D eigenvalue weighted by atomic mass is 9.66. The third-order valence-corrected chi connectivity index (χ3v) is 6.47. The van der Waals surface area contributed by atoms with Crippen LogP contribution >= 0.6 is 0 Å². The molecule has 2 aliphatic rings. The Bertz CT molecular complexity index is 969. The topological polar surface area (TPSA) is 70.7 Å². The SMILES string of the molecule is O=C(c1cc2ncccn2n1)N1CC[C@@](O)(c2ccccc2)[C@H]2CCCC[C@H]21. The summed E-state index contributed by atoms with van der Waals surface area (Å²) >= 11 is 0. The smallest absolute Gasteiger partial charge is 0.274 e. The van der Waals surface area contributed by atoms with E-state index in [4.69, 9.17) is 0 Å². The number of benzene rings is 1. The van der Waals surface area contributed by atoms with Gasteiger partial charge in [0.2, 0.25) is 0 Å². The number of likely N-dealkylation sites (tertiary alicyclic amines) is 1. The number of rotatable bonds is 2. The van der Waals surface area contributed by atoms with Gasteiger partial charge in [0.25, 0.3) is 5.91 Å². The average Bonchev–Trinajstić information content (AvgIpc) is 3.19. The summed E-state index contributed by atoms with van der Waals surface area (Å²) in [5.74, 6) is -0.00554. The van der Waals surface area contributed by atoms with Crippen molar-refractivity contribution in [2.45, 2.75) is 43.7 Å². The molecule has 0 unspecified atom stereocenters. The van der Waals surface area contributed by atoms with Gasteiger partial charge in [0.15, 0.2) is 11.3 Å². The van der Waals surface area contributed by atoms with Crippen molar-refractivity contribution in [3.63, 3.8) is 0 Å². The lowest BCUT2D eigenvalue weighted by molar-refractivity contribution is -0.110. The standard InChI is InChI=1S/C22H24N4O2/c27-21(18-15-20-23-12-6-13-26(20)24-18)25-14-11-22(28,16-7-2-1-3-8-16)17-9-4-5-10-19(17)25/h1-3,6-8,12-13,15,17,19,28H,4-5,9-11,14H2/t17-,19+,22+/m0/s1. The summed E-state index contributed by atoms with van der Waals surface area (Å²) in [5, 5.41) is 16.1. The molecule has 6 nitrogen and oxygen atoms in total. The minimum absolute atomic E-state index is 0.0398. The van der Waals surface area contributed by atoms with Crippen LogP contribution in [0.15, 0.2) is 54.9 Å². The van der Waals surface area contributed by atoms with Crippen LogP contribution in [0.1, 0.15) is 48.2 Å². The molecule has 1 aliphatic heterocycles. The third kappa shape index (κ3) is 2.71. The van der Waals surface area contributed by atoms with E-state index < -0.39 is 5.60 Å². The molecule has 1 aromatic carbocycles. The first-order valence-corrected chi connectivity index (χ1v) is 10.1. The van der Waals surface area contributed by atoms with Crippen molar-refractivity contribution in [1.29, 1.82) is 0 Å². The molecule has 0 radical (unpaired) electrons. The lowest BCUT2D eigenvalue weighted by Gasteiger charge is -2.52. The molecule has 2 fully saturated rings. The first-order valence-electron chi connectivity index (χ1n) is 10.1. The van der Waals surface area contributed by atoms with Crippen molar-refractivity contribution in [2.24, 2.45) is 5.92 Å². The maximum Gasteiger partial charge on any atom is 0.274 e. The van der Waals surface area contributed by atoms with Crippen molar-refractivity contribution in [1.82, 2.24) is 19.5 Å². The Morgan fingerprint density at radius 2 is 1.96 bits per heavy atom. The second kappa shape index (κ2) is 6.71. The van der Waals surface area contributed by atoms with Crippen LogP contribution in [-0.2, 0) is 5.60 Å². The van der Waals surface area contributed by atoms with Crippen LogP contribution < -0.4 is 0 Å². The number of piperidine rings is 1. The van der Waals surface area contributed by atoms with Crippen molar-refractivity contribution >= 4 is 11.6 Å². The molecular formula is C22H24N4O2. The quantitative estimate of drug-likeness (QED) is 0.746. The molecule has 28 heavy (non-hydrogen) atoms. The minimum atomic E-state index is -0.871. The van der Waals surface area contributed by atoms with Crippen LogP contribution in [-0.4, -0.2) is 43.1 Å². The zero-order valence-electron chi connectivity index (χ0n) is 15.7. The predicted molar refractivity (Wildman–Crippen MR) is 105 cm³/mol. The van der Waals surface area contributed by atoms with Gasteiger partial charge in [0.05, 0.1) is 5.60 Å². The normalized spacial score (nSPS) is 27.5. The van der Waals surface area contributed by atoms with E-state index >= 15 is 0 Å². The van der Waals surface area contributed by atoms with Gasteiger partial charge in [-0.05, 0) is 30.9 Å². The summed E-state index contributed by atoms with van der Waals surface area (Å²) in [7, 11) is 0. The van der Waals surface area contributed by atoms with Crippen LogP contribution in [0.2, 0.25) is 0 Å². The summed E-state index contributed by atoms with van der Waals surface area (Å²) in [6.45, 7) is 0.534. The van der Waals surface area contributed by atoms with E-state index in [1.807, 2.05) is 35.2 Å².